The second-order valence-corrected chi connectivity index (χ2v) is 6.49. The summed E-state index contributed by atoms with van der Waals surface area (Å²) < 4.78 is 1.62. The maximum atomic E-state index is 8.84. The van der Waals surface area contributed by atoms with E-state index in [-0.39, 0.29) is 0 Å². The molecule has 2 aromatic rings. The van der Waals surface area contributed by atoms with Gasteiger partial charge in [-0.3, -0.25) is 0 Å². The molecule has 0 atom stereocenters. The van der Waals surface area contributed by atoms with E-state index >= 15 is 0 Å². The van der Waals surface area contributed by atoms with Gasteiger partial charge in [-0.05, 0) is 40.2 Å². The van der Waals surface area contributed by atoms with Crippen molar-refractivity contribution >= 4 is 56.2 Å². The van der Waals surface area contributed by atoms with Gasteiger partial charge in [-0.25, -0.2) is 0 Å². The zero-order valence-electron chi connectivity index (χ0n) is 9.01. The minimum Gasteiger partial charge on any atom is -0.379 e. The molecule has 0 saturated heterocycles. The van der Waals surface area contributed by atoms with Crippen LogP contribution in [0.1, 0.15) is 10.4 Å². The fourth-order valence-corrected chi connectivity index (χ4v) is 3.31. The van der Waals surface area contributed by atoms with E-state index in [4.69, 9.17) is 28.5 Å². The number of hydrogen-bond acceptors (Lipinski definition) is 3. The van der Waals surface area contributed by atoms with Crippen molar-refractivity contribution in [2.24, 2.45) is 0 Å². The summed E-state index contributed by atoms with van der Waals surface area (Å²) in [4.78, 5) is 1.09. The van der Waals surface area contributed by atoms with Gasteiger partial charge in [0.15, 0.2) is 0 Å². The van der Waals surface area contributed by atoms with Crippen LogP contribution < -0.4 is 5.32 Å². The molecule has 1 aromatic heterocycles. The number of nitrogens with one attached hydrogen (secondary N) is 1. The van der Waals surface area contributed by atoms with E-state index in [0.29, 0.717) is 17.1 Å². The van der Waals surface area contributed by atoms with Gasteiger partial charge >= 0.3 is 0 Å². The highest BCUT2D eigenvalue weighted by atomic mass is 79.9. The van der Waals surface area contributed by atoms with Gasteiger partial charge in [-0.2, -0.15) is 5.26 Å². The third kappa shape index (κ3) is 3.18. The van der Waals surface area contributed by atoms with Gasteiger partial charge < -0.3 is 5.32 Å². The standard InChI is InChI=1S/C12H7BrCl2N2S/c13-9-4-8(18-12(9)15)6-17-11-3-7(5-16)1-2-10(11)14/h1-4,17H,6H2. The Labute approximate surface area is 127 Å². The smallest absolute Gasteiger partial charge is 0.107 e. The van der Waals surface area contributed by atoms with Crippen LogP contribution in [0.2, 0.25) is 9.36 Å². The molecule has 1 heterocycles. The van der Waals surface area contributed by atoms with Crippen LogP contribution in [0.4, 0.5) is 5.69 Å². The first-order valence-corrected chi connectivity index (χ1v) is 7.34. The number of anilines is 1. The molecule has 0 saturated carbocycles. The Kier molecular flexibility index (Phi) is 4.52. The highest BCUT2D eigenvalue weighted by Gasteiger charge is 2.06. The lowest BCUT2D eigenvalue weighted by Crippen LogP contribution is -1.98. The number of thiophene rings is 1. The summed E-state index contributed by atoms with van der Waals surface area (Å²) in [7, 11) is 0. The molecule has 92 valence electrons. The molecule has 0 aliphatic carbocycles. The molecule has 18 heavy (non-hydrogen) atoms. The van der Waals surface area contributed by atoms with Crippen LogP contribution >= 0.6 is 50.5 Å². The van der Waals surface area contributed by atoms with Crippen molar-refractivity contribution in [2.45, 2.75) is 6.54 Å². The lowest BCUT2D eigenvalue weighted by Gasteiger charge is -2.07. The zero-order valence-corrected chi connectivity index (χ0v) is 12.9. The predicted octanol–water partition coefficient (Wildman–Crippen LogP) is 5.30. The van der Waals surface area contributed by atoms with Crippen molar-refractivity contribution in [2.75, 3.05) is 5.32 Å². The Hall–Kier alpha value is -0.730. The van der Waals surface area contributed by atoms with E-state index in [1.807, 2.05) is 6.07 Å². The topological polar surface area (TPSA) is 35.8 Å². The van der Waals surface area contributed by atoms with Crippen molar-refractivity contribution in [3.8, 4) is 6.07 Å². The Bertz CT molecular complexity index is 600. The summed E-state index contributed by atoms with van der Waals surface area (Å²) in [6.07, 6.45) is 0. The molecule has 1 aromatic carbocycles. The predicted molar refractivity (Wildman–Crippen MR) is 80.5 cm³/mol. The van der Waals surface area contributed by atoms with Gasteiger partial charge in [0.05, 0.1) is 22.3 Å². The highest BCUT2D eigenvalue weighted by Crippen LogP contribution is 2.32. The van der Waals surface area contributed by atoms with Crippen LogP contribution in [0.25, 0.3) is 0 Å². The normalized spacial score (nSPS) is 10.1. The van der Waals surface area contributed by atoms with E-state index < -0.39 is 0 Å². The quantitative estimate of drug-likeness (QED) is 0.804. The maximum Gasteiger partial charge on any atom is 0.107 e. The van der Waals surface area contributed by atoms with Crippen LogP contribution in [0.15, 0.2) is 28.7 Å². The molecule has 0 bridgehead atoms. The molecule has 0 aliphatic rings. The summed E-state index contributed by atoms with van der Waals surface area (Å²) in [6, 6.07) is 9.17. The number of nitriles is 1. The molecular formula is C12H7BrCl2N2S. The number of benzene rings is 1. The highest BCUT2D eigenvalue weighted by molar-refractivity contribution is 9.10. The lowest BCUT2D eigenvalue weighted by molar-refractivity contribution is 1.19. The minimum atomic E-state index is 0.576. The van der Waals surface area contributed by atoms with E-state index in [2.05, 4.69) is 27.3 Å². The third-order valence-corrected chi connectivity index (χ3v) is 5.05. The Morgan fingerprint density at radius 2 is 2.11 bits per heavy atom. The first-order valence-electron chi connectivity index (χ1n) is 4.97. The molecule has 0 amide bonds. The van der Waals surface area contributed by atoms with Crippen LogP contribution in [-0.4, -0.2) is 0 Å². The van der Waals surface area contributed by atoms with E-state index in [9.17, 15) is 0 Å². The van der Waals surface area contributed by atoms with Crippen molar-refractivity contribution in [3.63, 3.8) is 0 Å². The first kappa shape index (κ1) is 13.7. The summed E-state index contributed by atoms with van der Waals surface area (Å²) in [5, 5.41) is 12.6. The van der Waals surface area contributed by atoms with Gasteiger partial charge in [0.25, 0.3) is 0 Å². The van der Waals surface area contributed by atoms with Crippen LogP contribution in [0.3, 0.4) is 0 Å². The Morgan fingerprint density at radius 1 is 1.33 bits per heavy atom. The second-order valence-electron chi connectivity index (χ2n) is 3.49. The molecule has 2 nitrogen and oxygen atoms in total. The summed E-state index contributed by atoms with van der Waals surface area (Å²) in [5.74, 6) is 0. The molecule has 0 aliphatic heterocycles. The van der Waals surface area contributed by atoms with E-state index in [1.54, 1.807) is 18.2 Å². The van der Waals surface area contributed by atoms with Crippen LogP contribution in [-0.2, 0) is 6.54 Å². The third-order valence-electron chi connectivity index (χ3n) is 2.24. The average Bonchev–Trinajstić information content (AvgIpc) is 2.68. The molecule has 0 spiro atoms. The first-order chi connectivity index (χ1) is 8.60. The van der Waals surface area contributed by atoms with Gasteiger partial charge in [-0.15, -0.1) is 11.3 Å². The molecule has 2 rings (SSSR count). The van der Waals surface area contributed by atoms with Crippen LogP contribution in [0.5, 0.6) is 0 Å². The molecule has 6 heteroatoms. The monoisotopic (exact) mass is 360 g/mol. The lowest BCUT2D eigenvalue weighted by atomic mass is 10.2. The molecule has 0 fully saturated rings. The van der Waals surface area contributed by atoms with Gasteiger partial charge in [-0.1, -0.05) is 23.2 Å². The number of hydrogen-bond donors (Lipinski definition) is 1. The Morgan fingerprint density at radius 3 is 2.72 bits per heavy atom. The van der Waals surface area contributed by atoms with Crippen molar-refractivity contribution in [3.05, 3.63) is 48.5 Å². The SMILES string of the molecule is N#Cc1ccc(Cl)c(NCc2cc(Br)c(Cl)s2)c1. The molecular weight excluding hydrogens is 355 g/mol. The van der Waals surface area contributed by atoms with E-state index in [1.165, 1.54) is 11.3 Å². The molecule has 0 radical (unpaired) electrons. The van der Waals surface area contributed by atoms with Crippen molar-refractivity contribution in [1.82, 2.24) is 0 Å². The number of nitrogens with zero attached hydrogens (tertiary/aromatic N) is 1. The van der Waals surface area contributed by atoms with Crippen molar-refractivity contribution in [1.29, 1.82) is 5.26 Å². The maximum absolute atomic E-state index is 8.84. The molecule has 1 N–H and O–H groups in total. The summed E-state index contributed by atoms with van der Waals surface area (Å²) >= 11 is 16.9. The fraction of sp³-hybridized carbons (Fsp3) is 0.0833. The van der Waals surface area contributed by atoms with Gasteiger partial charge in [0.1, 0.15) is 4.34 Å². The summed E-state index contributed by atoms with van der Waals surface area (Å²) in [6.45, 7) is 0.616. The number of halogens is 3. The summed E-state index contributed by atoms with van der Waals surface area (Å²) in [5.41, 5.74) is 1.32. The molecule has 0 unspecified atom stereocenters. The average molecular weight is 362 g/mol. The Balaban J connectivity index is 2.13. The minimum absolute atomic E-state index is 0.576. The number of rotatable bonds is 3. The van der Waals surface area contributed by atoms with Gasteiger partial charge in [0, 0.05) is 15.9 Å². The zero-order chi connectivity index (χ0) is 13.1. The van der Waals surface area contributed by atoms with Crippen LogP contribution in [0, 0.1) is 11.3 Å². The van der Waals surface area contributed by atoms with Gasteiger partial charge in [0.2, 0.25) is 0 Å². The fourth-order valence-electron chi connectivity index (χ4n) is 1.39. The largest absolute Gasteiger partial charge is 0.379 e. The van der Waals surface area contributed by atoms with Crippen molar-refractivity contribution < 1.29 is 0 Å². The second kappa shape index (κ2) is 5.94. The van der Waals surface area contributed by atoms with E-state index in [0.717, 1.165) is 19.4 Å².